The van der Waals surface area contributed by atoms with Gasteiger partial charge in [0.25, 0.3) is 0 Å². The highest BCUT2D eigenvalue weighted by Crippen LogP contribution is 2.51. The normalized spacial score (nSPS) is 24.8. The van der Waals surface area contributed by atoms with Crippen LogP contribution in [0.4, 0.5) is 5.69 Å². The van der Waals surface area contributed by atoms with Gasteiger partial charge in [-0.3, -0.25) is 9.48 Å². The minimum atomic E-state index is -0.569. The maximum Gasteiger partial charge on any atom is 0.238 e. The van der Waals surface area contributed by atoms with Gasteiger partial charge in [0.15, 0.2) is 0 Å². The van der Waals surface area contributed by atoms with E-state index in [4.69, 9.17) is 4.74 Å². The van der Waals surface area contributed by atoms with Gasteiger partial charge in [0.1, 0.15) is 5.75 Å². The van der Waals surface area contributed by atoms with Crippen molar-refractivity contribution in [3.8, 4) is 5.75 Å². The van der Waals surface area contributed by atoms with Gasteiger partial charge in [0.05, 0.1) is 30.8 Å². The molecule has 3 atom stereocenters. The Morgan fingerprint density at radius 1 is 1.19 bits per heavy atom. The van der Waals surface area contributed by atoms with E-state index in [0.29, 0.717) is 13.0 Å². The molecule has 0 saturated carbocycles. The predicted octanol–water partition coefficient (Wildman–Crippen LogP) is 3.43. The molecule has 0 unspecified atom stereocenters. The Balaban J connectivity index is 1.55. The van der Waals surface area contributed by atoms with Gasteiger partial charge in [0, 0.05) is 25.0 Å². The highest BCUT2D eigenvalue weighted by molar-refractivity contribution is 6.08. The Hall–Kier alpha value is -3.19. The number of nitrogens with zero attached hydrogens (tertiary/aromatic N) is 4. The molecule has 2 aliphatic heterocycles. The Morgan fingerprint density at radius 3 is 2.66 bits per heavy atom. The van der Waals surface area contributed by atoms with Crippen LogP contribution in [0.3, 0.4) is 0 Å². The molecule has 0 radical (unpaired) electrons. The number of amides is 1. The lowest BCUT2D eigenvalue weighted by atomic mass is 9.69. The lowest BCUT2D eigenvalue weighted by molar-refractivity contribution is -0.125. The van der Waals surface area contributed by atoms with Crippen molar-refractivity contribution in [2.75, 3.05) is 12.0 Å². The van der Waals surface area contributed by atoms with E-state index in [2.05, 4.69) is 47.7 Å². The van der Waals surface area contributed by atoms with Crippen LogP contribution in [0.5, 0.6) is 5.75 Å². The fourth-order valence-electron chi connectivity index (χ4n) is 5.35. The van der Waals surface area contributed by atoms with E-state index in [1.807, 2.05) is 42.4 Å². The molecule has 166 valence electrons. The number of hydrogen-bond donors (Lipinski definition) is 1. The van der Waals surface area contributed by atoms with Crippen LogP contribution < -0.4 is 15.0 Å². The van der Waals surface area contributed by atoms with Crippen molar-refractivity contribution in [3.63, 3.8) is 0 Å². The van der Waals surface area contributed by atoms with Gasteiger partial charge in [-0.2, -0.15) is 0 Å². The first-order valence-corrected chi connectivity index (χ1v) is 11.1. The minimum absolute atomic E-state index is 0.0225. The number of ether oxygens (including phenoxy) is 1. The largest absolute Gasteiger partial charge is 0.497 e. The molecule has 7 nitrogen and oxygen atoms in total. The van der Waals surface area contributed by atoms with Crippen LogP contribution in [0.2, 0.25) is 0 Å². The zero-order valence-corrected chi connectivity index (χ0v) is 19.0. The number of nitrogens with one attached hydrogen (secondary N) is 1. The summed E-state index contributed by atoms with van der Waals surface area (Å²) in [6.45, 7) is 4.78. The average molecular weight is 432 g/mol. The van der Waals surface area contributed by atoms with Crippen LogP contribution in [-0.4, -0.2) is 34.1 Å². The number of carbonyl (C=O) groups is 1. The monoisotopic (exact) mass is 431 g/mol. The van der Waals surface area contributed by atoms with Crippen LogP contribution in [0.1, 0.15) is 48.2 Å². The lowest BCUT2D eigenvalue weighted by Gasteiger charge is -2.41. The number of fused-ring (bicyclic) bond motifs is 2. The quantitative estimate of drug-likeness (QED) is 0.685. The second-order valence-electron chi connectivity index (χ2n) is 9.19. The molecule has 1 fully saturated rings. The zero-order chi connectivity index (χ0) is 22.5. The smallest absolute Gasteiger partial charge is 0.238 e. The molecule has 1 saturated heterocycles. The molecule has 32 heavy (non-hydrogen) atoms. The summed E-state index contributed by atoms with van der Waals surface area (Å²) >= 11 is 0. The Bertz CT molecular complexity index is 1160. The van der Waals surface area contributed by atoms with Gasteiger partial charge < -0.3 is 15.0 Å². The summed E-state index contributed by atoms with van der Waals surface area (Å²) in [6.07, 6.45) is 3.37. The van der Waals surface area contributed by atoms with E-state index in [1.54, 1.807) is 11.8 Å². The maximum atomic E-state index is 14.1. The van der Waals surface area contributed by atoms with Crippen molar-refractivity contribution >= 4 is 11.6 Å². The minimum Gasteiger partial charge on any atom is -0.497 e. The van der Waals surface area contributed by atoms with Crippen molar-refractivity contribution < 1.29 is 9.53 Å². The van der Waals surface area contributed by atoms with E-state index in [1.165, 1.54) is 5.56 Å². The maximum absolute atomic E-state index is 14.1. The molecule has 1 amide bonds. The summed E-state index contributed by atoms with van der Waals surface area (Å²) in [4.78, 5) is 16.1. The third-order valence-corrected chi connectivity index (χ3v) is 6.78. The van der Waals surface area contributed by atoms with Crippen LogP contribution in [0.25, 0.3) is 0 Å². The van der Waals surface area contributed by atoms with E-state index in [9.17, 15) is 4.79 Å². The highest BCUT2D eigenvalue weighted by Gasteiger charge is 2.54. The third-order valence-electron chi connectivity index (χ3n) is 6.78. The fourth-order valence-corrected chi connectivity index (χ4v) is 5.35. The Labute approximate surface area is 188 Å². The van der Waals surface area contributed by atoms with Gasteiger partial charge in [0.2, 0.25) is 5.91 Å². The molecule has 0 aliphatic carbocycles. The summed E-state index contributed by atoms with van der Waals surface area (Å²) in [7, 11) is 3.53. The molecule has 3 heterocycles. The number of benzene rings is 2. The number of aromatic nitrogens is 3. The first-order chi connectivity index (χ1) is 15.4. The molecular weight excluding hydrogens is 402 g/mol. The summed E-state index contributed by atoms with van der Waals surface area (Å²) in [5.41, 5.74) is 4.72. The Kier molecular flexibility index (Phi) is 5.01. The van der Waals surface area contributed by atoms with E-state index >= 15 is 0 Å². The van der Waals surface area contributed by atoms with Gasteiger partial charge in [-0.25, -0.2) is 0 Å². The standard InChI is InChI=1S/C25H29N5O2/c1-16-5-10-23-20(11-16)25(12-17(2)26-21(13-25)22-15-29(3)28-27-22)24(31)30(23)14-18-6-8-19(32-4)9-7-18/h5-11,15,17,21,26H,12-14H2,1-4H3/t17-,21-,25-/m0/s1. The molecule has 0 bridgehead atoms. The molecular formula is C25H29N5O2. The molecule has 2 aromatic carbocycles. The number of rotatable bonds is 4. The highest BCUT2D eigenvalue weighted by atomic mass is 16.5. The summed E-state index contributed by atoms with van der Waals surface area (Å²) in [6, 6.07) is 14.5. The van der Waals surface area contributed by atoms with Crippen molar-refractivity contribution in [1.82, 2.24) is 20.3 Å². The number of anilines is 1. The van der Waals surface area contributed by atoms with Gasteiger partial charge in [-0.05, 0) is 56.0 Å². The zero-order valence-electron chi connectivity index (χ0n) is 19.0. The summed E-state index contributed by atoms with van der Waals surface area (Å²) in [5, 5.41) is 12.1. The molecule has 1 N–H and O–H groups in total. The van der Waals surface area contributed by atoms with Gasteiger partial charge >= 0.3 is 0 Å². The SMILES string of the molecule is COc1ccc(CN2C(=O)[C@@]3(C[C@@H](c4cn(C)nn4)N[C@@H](C)C3)c3cc(C)ccc32)cc1. The first kappa shape index (κ1) is 20.7. The second-order valence-corrected chi connectivity index (χ2v) is 9.19. The molecule has 3 aromatic rings. The van der Waals surface area contributed by atoms with E-state index in [-0.39, 0.29) is 18.0 Å². The van der Waals surface area contributed by atoms with Crippen LogP contribution in [-0.2, 0) is 23.8 Å². The van der Waals surface area contributed by atoms with Crippen LogP contribution in [0.15, 0.2) is 48.7 Å². The van der Waals surface area contributed by atoms with Gasteiger partial charge in [-0.15, -0.1) is 5.10 Å². The number of carbonyl (C=O) groups excluding carboxylic acids is 1. The molecule has 7 heteroatoms. The van der Waals surface area contributed by atoms with Crippen molar-refractivity contribution in [2.45, 2.75) is 50.7 Å². The van der Waals surface area contributed by atoms with Crippen molar-refractivity contribution in [1.29, 1.82) is 0 Å². The predicted molar refractivity (Wildman–Crippen MR) is 123 cm³/mol. The second kappa shape index (κ2) is 7.74. The van der Waals surface area contributed by atoms with Crippen LogP contribution in [0, 0.1) is 6.92 Å². The summed E-state index contributed by atoms with van der Waals surface area (Å²) < 4.78 is 7.00. The van der Waals surface area contributed by atoms with Crippen LogP contribution >= 0.6 is 0 Å². The van der Waals surface area contributed by atoms with Gasteiger partial charge in [-0.1, -0.05) is 35.0 Å². The lowest BCUT2D eigenvalue weighted by Crippen LogP contribution is -2.51. The molecule has 2 aliphatic rings. The number of methoxy groups -OCH3 is 1. The topological polar surface area (TPSA) is 72.3 Å². The number of hydrogen-bond acceptors (Lipinski definition) is 5. The molecule has 1 spiro atoms. The average Bonchev–Trinajstić information content (AvgIpc) is 3.30. The summed E-state index contributed by atoms with van der Waals surface area (Å²) in [5.74, 6) is 0.990. The number of aryl methyl sites for hydroxylation is 2. The van der Waals surface area contributed by atoms with Crippen molar-refractivity contribution in [2.24, 2.45) is 7.05 Å². The van der Waals surface area contributed by atoms with Crippen molar-refractivity contribution in [3.05, 3.63) is 71.0 Å². The molecule has 5 rings (SSSR count). The number of piperidine rings is 1. The first-order valence-electron chi connectivity index (χ1n) is 11.1. The van der Waals surface area contributed by atoms with E-state index in [0.717, 1.165) is 34.7 Å². The fraction of sp³-hybridized carbons (Fsp3) is 0.400. The Morgan fingerprint density at radius 2 is 1.97 bits per heavy atom. The third kappa shape index (κ3) is 3.37. The molecule has 1 aromatic heterocycles. The van der Waals surface area contributed by atoms with E-state index < -0.39 is 5.41 Å².